The van der Waals surface area contributed by atoms with Crippen LogP contribution < -0.4 is 27.7 Å². The average molecular weight is 361 g/mol. The van der Waals surface area contributed by atoms with Crippen molar-refractivity contribution in [2.45, 2.75) is 50.3 Å². The highest BCUT2D eigenvalue weighted by molar-refractivity contribution is 7.45. The summed E-state index contributed by atoms with van der Waals surface area (Å²) in [5.74, 6) is 3.92. The molecule has 24 heavy (non-hydrogen) atoms. The first-order valence-electron chi connectivity index (χ1n) is 7.87. The molecule has 3 amide bonds. The minimum Gasteiger partial charge on any atom is -0.370 e. The molecule has 0 saturated carbocycles. The highest BCUT2D eigenvalue weighted by Crippen LogP contribution is 2.39. The fraction of sp³-hybridized carbons (Fsp3) is 0.769. The second-order valence-corrected chi connectivity index (χ2v) is 7.44. The third-order valence-corrected chi connectivity index (χ3v) is 5.45. The van der Waals surface area contributed by atoms with Crippen LogP contribution in [0.2, 0.25) is 0 Å². The van der Waals surface area contributed by atoms with Crippen LogP contribution in [-0.4, -0.2) is 47.1 Å². The van der Waals surface area contributed by atoms with Gasteiger partial charge in [-0.25, -0.2) is 5.84 Å². The Balaban J connectivity index is 2.83. The van der Waals surface area contributed by atoms with E-state index in [0.717, 1.165) is 11.4 Å². The number of nitrogens with zero attached hydrogens (tertiary/aromatic N) is 1. The minimum atomic E-state index is -2.47. The Kier molecular flexibility index (Phi) is 7.68. The number of carbonyl (C=O) groups is 3. The summed E-state index contributed by atoms with van der Waals surface area (Å²) in [6.07, 6.45) is 1.43. The largest absolute Gasteiger partial charge is 0.465 e. The van der Waals surface area contributed by atoms with Gasteiger partial charge >= 0.3 is 19.1 Å². The normalized spacial score (nSPS) is 22.9. The van der Waals surface area contributed by atoms with Gasteiger partial charge in [-0.05, 0) is 23.8 Å². The first kappa shape index (κ1) is 20.4. The Hall–Kier alpha value is -1.61. The molecule has 1 aliphatic heterocycles. The molecule has 3 atom stereocenters. The predicted octanol–water partition coefficient (Wildman–Crippen LogP) is -1.37. The monoisotopic (exact) mass is 361 g/mol. The minimum absolute atomic E-state index is 0.0581. The molecule has 8 N–H and O–H groups in total. The molecule has 1 heterocycles. The number of hydrazine groups is 1. The molecular formula is C13H26N6O4P+. The van der Waals surface area contributed by atoms with E-state index in [0.29, 0.717) is 19.5 Å². The fourth-order valence-electron chi connectivity index (χ4n) is 2.33. The predicted molar refractivity (Wildman–Crippen MR) is 88.3 cm³/mol. The van der Waals surface area contributed by atoms with Crippen molar-refractivity contribution in [2.75, 3.05) is 13.1 Å². The topological polar surface area (TPSA) is 174 Å². The van der Waals surface area contributed by atoms with Crippen LogP contribution in [0.5, 0.6) is 0 Å². The van der Waals surface area contributed by atoms with Crippen LogP contribution in [0.3, 0.4) is 0 Å². The van der Waals surface area contributed by atoms with Crippen molar-refractivity contribution in [2.24, 2.45) is 17.3 Å². The van der Waals surface area contributed by atoms with Gasteiger partial charge in [0.25, 0.3) is 0 Å². The molecule has 2 unspecified atom stereocenters. The first-order chi connectivity index (χ1) is 11.2. The smallest absolute Gasteiger partial charge is 0.370 e. The van der Waals surface area contributed by atoms with Gasteiger partial charge in [0.15, 0.2) is 0 Å². The number of primary amides is 1. The van der Waals surface area contributed by atoms with Gasteiger partial charge in [0, 0.05) is 25.9 Å². The molecule has 1 rings (SSSR count). The van der Waals surface area contributed by atoms with Crippen molar-refractivity contribution in [3.8, 4) is 0 Å². The van der Waals surface area contributed by atoms with Crippen molar-refractivity contribution >= 4 is 25.7 Å². The molecule has 10 nitrogen and oxygen atoms in total. The molecule has 0 bridgehead atoms. The molecule has 1 fully saturated rings. The Bertz CT molecular complexity index is 517. The zero-order valence-electron chi connectivity index (χ0n) is 13.8. The Morgan fingerprint density at radius 2 is 2.12 bits per heavy atom. The van der Waals surface area contributed by atoms with Gasteiger partial charge in [-0.3, -0.25) is 25.1 Å². The SMILES string of the molecule is CCCNC(=O)C(CCC(N)=O)N[P+](=O)[C@@]1(N)CCCN(N)C1=O. The van der Waals surface area contributed by atoms with Crippen molar-refractivity contribution in [3.63, 3.8) is 0 Å². The number of nitrogens with two attached hydrogens (primary N) is 3. The number of carbonyl (C=O) groups excluding carboxylic acids is 3. The quantitative estimate of drug-likeness (QED) is 0.191. The fourth-order valence-corrected chi connectivity index (χ4v) is 3.76. The molecule has 0 aromatic rings. The summed E-state index contributed by atoms with van der Waals surface area (Å²) in [5.41, 5.74) is 11.1. The highest BCUT2D eigenvalue weighted by Gasteiger charge is 2.57. The Morgan fingerprint density at radius 3 is 2.71 bits per heavy atom. The third-order valence-electron chi connectivity index (χ3n) is 3.77. The summed E-state index contributed by atoms with van der Waals surface area (Å²) < 4.78 is 12.6. The highest BCUT2D eigenvalue weighted by atomic mass is 31.1. The number of amides is 3. The zero-order valence-corrected chi connectivity index (χ0v) is 14.7. The van der Waals surface area contributed by atoms with E-state index in [1.54, 1.807) is 0 Å². The Morgan fingerprint density at radius 1 is 1.46 bits per heavy atom. The van der Waals surface area contributed by atoms with Gasteiger partial charge in [0.2, 0.25) is 11.8 Å². The maximum Gasteiger partial charge on any atom is 0.465 e. The maximum absolute atomic E-state index is 12.6. The lowest BCUT2D eigenvalue weighted by molar-refractivity contribution is -0.137. The number of piperidine rings is 1. The van der Waals surface area contributed by atoms with Gasteiger partial charge in [-0.15, -0.1) is 0 Å². The van der Waals surface area contributed by atoms with Crippen LogP contribution >= 0.6 is 7.95 Å². The summed E-state index contributed by atoms with van der Waals surface area (Å²) >= 11 is 0. The molecule has 0 spiro atoms. The first-order valence-corrected chi connectivity index (χ1v) is 9.13. The van der Waals surface area contributed by atoms with E-state index in [1.165, 1.54) is 0 Å². The van der Waals surface area contributed by atoms with Gasteiger partial charge in [-0.1, -0.05) is 12.0 Å². The lowest BCUT2D eigenvalue weighted by Crippen LogP contribution is -2.60. The molecule has 0 aromatic carbocycles. The van der Waals surface area contributed by atoms with Crippen molar-refractivity contribution in [1.29, 1.82) is 0 Å². The average Bonchev–Trinajstić information content (AvgIpc) is 2.53. The van der Waals surface area contributed by atoms with Crippen LogP contribution in [0.1, 0.15) is 39.0 Å². The summed E-state index contributed by atoms with van der Waals surface area (Å²) in [4.78, 5) is 35.3. The van der Waals surface area contributed by atoms with Crippen LogP contribution in [0.4, 0.5) is 0 Å². The van der Waals surface area contributed by atoms with E-state index in [1.807, 2.05) is 6.92 Å². The summed E-state index contributed by atoms with van der Waals surface area (Å²) in [7, 11) is -2.47. The van der Waals surface area contributed by atoms with E-state index in [-0.39, 0.29) is 19.3 Å². The number of hydrogen-bond donors (Lipinski definition) is 5. The van der Waals surface area contributed by atoms with E-state index in [4.69, 9.17) is 17.3 Å². The second-order valence-electron chi connectivity index (χ2n) is 5.80. The summed E-state index contributed by atoms with van der Waals surface area (Å²) in [5, 5.41) is 4.53. The lowest BCUT2D eigenvalue weighted by atomic mass is 10.1. The van der Waals surface area contributed by atoms with Crippen LogP contribution in [-0.2, 0) is 18.9 Å². The molecule has 11 heteroatoms. The van der Waals surface area contributed by atoms with E-state index in [2.05, 4.69) is 10.4 Å². The van der Waals surface area contributed by atoms with Gasteiger partial charge in [0.05, 0.1) is 0 Å². The van der Waals surface area contributed by atoms with E-state index < -0.39 is 37.0 Å². The Labute approximate surface area is 141 Å². The molecule has 0 aliphatic carbocycles. The third kappa shape index (κ3) is 5.20. The molecule has 0 radical (unpaired) electrons. The summed E-state index contributed by atoms with van der Waals surface area (Å²) in [6.45, 7) is 2.66. The van der Waals surface area contributed by atoms with E-state index >= 15 is 0 Å². The molecule has 1 aliphatic rings. The molecular weight excluding hydrogens is 335 g/mol. The van der Waals surface area contributed by atoms with Crippen LogP contribution in [0, 0.1) is 0 Å². The van der Waals surface area contributed by atoms with Crippen molar-refractivity contribution in [1.82, 2.24) is 15.4 Å². The second kappa shape index (κ2) is 9.03. The van der Waals surface area contributed by atoms with Gasteiger partial charge in [-0.2, -0.15) is 0 Å². The van der Waals surface area contributed by atoms with Gasteiger partial charge in [0.1, 0.15) is 6.04 Å². The molecule has 0 aromatic heterocycles. The lowest BCUT2D eigenvalue weighted by Gasteiger charge is -2.29. The summed E-state index contributed by atoms with van der Waals surface area (Å²) in [6, 6.07) is -0.936. The standard InChI is InChI=1S/C13H25N6O4P/c1-2-7-17-11(21)9(4-5-10(14)20)18-24(23)13(15)6-3-8-19(16)12(13)22/h9H,2-8,15-16H2,1H3,(H3-,14,17,18,20,21,23)/p+1/t9?,13-/m0/s1. The number of rotatable bonds is 9. The maximum atomic E-state index is 12.6. The van der Waals surface area contributed by atoms with Crippen LogP contribution in [0.25, 0.3) is 0 Å². The zero-order chi connectivity index (χ0) is 18.3. The number of nitrogens with one attached hydrogen (secondary N) is 2. The van der Waals surface area contributed by atoms with E-state index in [9.17, 15) is 18.9 Å². The van der Waals surface area contributed by atoms with Crippen LogP contribution in [0.15, 0.2) is 0 Å². The molecule has 1 saturated heterocycles. The van der Waals surface area contributed by atoms with Crippen molar-refractivity contribution in [3.05, 3.63) is 0 Å². The van der Waals surface area contributed by atoms with Crippen molar-refractivity contribution < 1.29 is 18.9 Å². The number of hydrogen-bond acceptors (Lipinski definition) is 6. The van der Waals surface area contributed by atoms with Gasteiger partial charge < -0.3 is 11.1 Å². The molecule has 136 valence electrons.